The maximum absolute atomic E-state index is 11.5. The number of Topliss-reactive ketones (excluding diaryl/α,β-unsaturated/α-hetero) is 1. The zero-order valence-electron chi connectivity index (χ0n) is 16.5. The van der Waals surface area contributed by atoms with Crippen molar-refractivity contribution in [3.8, 4) is 11.5 Å². The highest BCUT2D eigenvalue weighted by Crippen LogP contribution is 2.28. The monoisotopic (exact) mass is 387 g/mol. The maximum atomic E-state index is 11.5. The largest absolute Gasteiger partial charge is 0.493 e. The van der Waals surface area contributed by atoms with Gasteiger partial charge in [-0.15, -0.1) is 0 Å². The van der Waals surface area contributed by atoms with E-state index in [1.807, 2.05) is 18.3 Å². The summed E-state index contributed by atoms with van der Waals surface area (Å²) < 4.78 is 11.0. The van der Waals surface area contributed by atoms with E-state index in [9.17, 15) is 9.90 Å². The first-order valence-electron chi connectivity index (χ1n) is 9.62. The summed E-state index contributed by atoms with van der Waals surface area (Å²) in [7, 11) is 1.54. The number of piperazine rings is 1. The van der Waals surface area contributed by atoms with Crippen molar-refractivity contribution in [3.63, 3.8) is 0 Å². The van der Waals surface area contributed by atoms with Gasteiger partial charge in [-0.05, 0) is 31.2 Å². The fraction of sp³-hybridized carbons (Fsp3) is 0.429. The third-order valence-electron chi connectivity index (χ3n) is 5.03. The zero-order valence-corrected chi connectivity index (χ0v) is 16.5. The molecule has 0 saturated carbocycles. The molecule has 0 unspecified atom stereocenters. The fourth-order valence-corrected chi connectivity index (χ4v) is 3.43. The van der Waals surface area contributed by atoms with Crippen molar-refractivity contribution in [1.82, 2.24) is 0 Å². The van der Waals surface area contributed by atoms with Crippen molar-refractivity contribution in [2.24, 2.45) is 0 Å². The first-order valence-corrected chi connectivity index (χ1v) is 9.62. The molecule has 3 rings (SSSR count). The molecule has 0 bridgehead atoms. The van der Waals surface area contributed by atoms with Gasteiger partial charge in [0.05, 0.1) is 13.3 Å². The molecule has 2 heterocycles. The summed E-state index contributed by atoms with van der Waals surface area (Å²) in [5.74, 6) is 2.14. The minimum absolute atomic E-state index is 0.0271. The number of rotatable bonds is 8. The van der Waals surface area contributed by atoms with Gasteiger partial charge >= 0.3 is 0 Å². The van der Waals surface area contributed by atoms with Gasteiger partial charge in [0.25, 0.3) is 5.82 Å². The van der Waals surface area contributed by atoms with Crippen LogP contribution in [0.5, 0.6) is 11.5 Å². The Morgan fingerprint density at radius 1 is 1.25 bits per heavy atom. The van der Waals surface area contributed by atoms with E-state index < -0.39 is 6.10 Å². The Bertz CT molecular complexity index is 776. The number of nitrogens with zero attached hydrogens (tertiary/aromatic N) is 1. The molecule has 0 amide bonds. The Morgan fingerprint density at radius 2 is 2.04 bits per heavy atom. The SMILES string of the molecule is COc1cc(C(C)=O)ccc1OC[C@H](O)C[NH+]1CCN(c2cccc[nH+]2)CC1. The number of aromatic nitrogens is 1. The Hall–Kier alpha value is -2.64. The van der Waals surface area contributed by atoms with Gasteiger partial charge in [-0.1, -0.05) is 6.07 Å². The predicted octanol–water partition coefficient (Wildman–Crippen LogP) is -0.143. The number of ether oxygens (including phenoxy) is 2. The summed E-state index contributed by atoms with van der Waals surface area (Å²) in [4.78, 5) is 18.4. The van der Waals surface area contributed by atoms with E-state index in [4.69, 9.17) is 9.47 Å². The van der Waals surface area contributed by atoms with Crippen molar-refractivity contribution in [2.45, 2.75) is 13.0 Å². The summed E-state index contributed by atoms with van der Waals surface area (Å²) in [5, 5.41) is 10.4. The smallest absolute Gasteiger partial charge is 0.274 e. The van der Waals surface area contributed by atoms with Crippen LogP contribution in [-0.2, 0) is 0 Å². The number of hydrogen-bond acceptors (Lipinski definition) is 5. The molecule has 28 heavy (non-hydrogen) atoms. The van der Waals surface area contributed by atoms with Gasteiger partial charge in [-0.2, -0.15) is 0 Å². The molecule has 1 aliphatic heterocycles. The second-order valence-corrected chi connectivity index (χ2v) is 7.08. The summed E-state index contributed by atoms with van der Waals surface area (Å²) in [5.41, 5.74) is 0.572. The van der Waals surface area contributed by atoms with Crippen LogP contribution in [0.3, 0.4) is 0 Å². The van der Waals surface area contributed by atoms with Crippen LogP contribution in [0.4, 0.5) is 5.82 Å². The van der Waals surface area contributed by atoms with Crippen molar-refractivity contribution >= 4 is 11.6 Å². The number of aromatic amines is 1. The predicted molar refractivity (Wildman–Crippen MR) is 105 cm³/mol. The van der Waals surface area contributed by atoms with Crippen molar-refractivity contribution < 1.29 is 29.3 Å². The number of quaternary nitrogens is 1. The number of methoxy groups -OCH3 is 1. The lowest BCUT2D eigenvalue weighted by molar-refractivity contribution is -0.903. The average Bonchev–Trinajstić information content (AvgIpc) is 2.73. The molecule has 7 heteroatoms. The van der Waals surface area contributed by atoms with E-state index in [2.05, 4.69) is 16.0 Å². The summed E-state index contributed by atoms with van der Waals surface area (Å²) in [6.07, 6.45) is 1.37. The second kappa shape index (κ2) is 9.52. The van der Waals surface area contributed by atoms with E-state index in [1.54, 1.807) is 18.2 Å². The molecule has 3 N–H and O–H groups in total. The third kappa shape index (κ3) is 5.21. The molecule has 2 aromatic rings. The number of carbonyl (C=O) groups is 1. The number of H-pyrrole nitrogens is 1. The molecule has 0 radical (unpaired) electrons. The van der Waals surface area contributed by atoms with Crippen LogP contribution in [0.1, 0.15) is 17.3 Å². The molecule has 7 nitrogen and oxygen atoms in total. The minimum Gasteiger partial charge on any atom is -0.493 e. The van der Waals surface area contributed by atoms with Gasteiger partial charge in [0.2, 0.25) is 0 Å². The Kier molecular flexibility index (Phi) is 6.84. The highest BCUT2D eigenvalue weighted by Gasteiger charge is 2.27. The normalized spacial score (nSPS) is 15.9. The molecule has 150 valence electrons. The number of anilines is 1. The van der Waals surface area contributed by atoms with Gasteiger partial charge in [0.15, 0.2) is 17.3 Å². The average molecular weight is 387 g/mol. The highest BCUT2D eigenvalue weighted by atomic mass is 16.5. The quantitative estimate of drug-likeness (QED) is 0.617. The maximum Gasteiger partial charge on any atom is 0.274 e. The number of pyridine rings is 1. The molecule has 0 aliphatic carbocycles. The van der Waals surface area contributed by atoms with Crippen LogP contribution in [0.15, 0.2) is 42.6 Å². The minimum atomic E-state index is -0.568. The number of nitrogens with one attached hydrogen (secondary N) is 2. The van der Waals surface area contributed by atoms with Crippen molar-refractivity contribution in [2.75, 3.05) is 51.3 Å². The van der Waals surface area contributed by atoms with Crippen LogP contribution in [-0.4, -0.2) is 63.4 Å². The van der Waals surface area contributed by atoms with Gasteiger partial charge in [-0.25, -0.2) is 4.98 Å². The molecule has 1 saturated heterocycles. The van der Waals surface area contributed by atoms with Crippen LogP contribution in [0.2, 0.25) is 0 Å². The lowest BCUT2D eigenvalue weighted by atomic mass is 10.1. The van der Waals surface area contributed by atoms with Gasteiger partial charge in [0, 0.05) is 11.6 Å². The summed E-state index contributed by atoms with van der Waals surface area (Å²) >= 11 is 0. The highest BCUT2D eigenvalue weighted by molar-refractivity contribution is 5.94. The summed E-state index contributed by atoms with van der Waals surface area (Å²) in [6.45, 7) is 6.17. The number of ketones is 1. The number of hydrogen-bond donors (Lipinski definition) is 2. The van der Waals surface area contributed by atoms with E-state index >= 15 is 0 Å². The molecule has 1 aliphatic rings. The second-order valence-electron chi connectivity index (χ2n) is 7.08. The van der Waals surface area contributed by atoms with Crippen LogP contribution >= 0.6 is 0 Å². The molecule has 1 atom stereocenters. The first-order chi connectivity index (χ1) is 13.6. The van der Waals surface area contributed by atoms with Crippen LogP contribution in [0.25, 0.3) is 0 Å². The molecule has 1 aromatic carbocycles. The number of benzene rings is 1. The molecular formula is C21H29N3O4+2. The zero-order chi connectivity index (χ0) is 19.9. The molecule has 1 aromatic heterocycles. The van der Waals surface area contributed by atoms with Crippen molar-refractivity contribution in [3.05, 3.63) is 48.2 Å². The summed E-state index contributed by atoms with van der Waals surface area (Å²) in [6, 6.07) is 11.2. The fourth-order valence-electron chi connectivity index (χ4n) is 3.43. The molecule has 0 spiro atoms. The number of carbonyl (C=O) groups excluding carboxylic acids is 1. The first kappa shape index (κ1) is 20.1. The third-order valence-corrected chi connectivity index (χ3v) is 5.03. The van der Waals surface area contributed by atoms with E-state index in [1.165, 1.54) is 18.9 Å². The number of aliphatic hydroxyl groups is 1. The Morgan fingerprint density at radius 3 is 2.68 bits per heavy atom. The molecule has 1 fully saturated rings. The van der Waals surface area contributed by atoms with Crippen LogP contribution < -0.4 is 24.3 Å². The van der Waals surface area contributed by atoms with Gasteiger partial charge in [-0.3, -0.25) is 9.69 Å². The van der Waals surface area contributed by atoms with E-state index in [0.29, 0.717) is 23.6 Å². The molecular weight excluding hydrogens is 358 g/mol. The van der Waals surface area contributed by atoms with Gasteiger partial charge < -0.3 is 19.5 Å². The van der Waals surface area contributed by atoms with E-state index in [0.717, 1.165) is 32.0 Å². The van der Waals surface area contributed by atoms with Crippen LogP contribution in [0, 0.1) is 0 Å². The lowest BCUT2D eigenvalue weighted by Gasteiger charge is -2.29. The lowest BCUT2D eigenvalue weighted by Crippen LogP contribution is -3.16. The topological polar surface area (TPSA) is 77.6 Å². The Labute approximate surface area is 165 Å². The van der Waals surface area contributed by atoms with E-state index in [-0.39, 0.29) is 12.4 Å². The van der Waals surface area contributed by atoms with Crippen molar-refractivity contribution in [1.29, 1.82) is 0 Å². The number of aliphatic hydroxyl groups excluding tert-OH is 1. The Balaban J connectivity index is 1.46. The standard InChI is InChI=1S/C21H27N3O4/c1-16(25)17-6-7-19(20(13-17)27-2)28-15-18(26)14-23-9-11-24(12-10-23)21-5-3-4-8-22-21/h3-8,13,18,26H,9-12,14-15H2,1-2H3/p+2/t18-/m1/s1. The van der Waals surface area contributed by atoms with Gasteiger partial charge in [0.1, 0.15) is 45.4 Å².